The minimum Gasteiger partial charge on any atom is -0.381 e. The van der Waals surface area contributed by atoms with Gasteiger partial charge in [-0.3, -0.25) is 0 Å². The fourth-order valence-corrected chi connectivity index (χ4v) is 2.99. The molecule has 2 aromatic rings. The average molecular weight is 304 g/mol. The van der Waals surface area contributed by atoms with E-state index in [1.165, 1.54) is 22.3 Å². The quantitative estimate of drug-likeness (QED) is 0.840. The Bertz CT molecular complexity index is 712. The Balaban J connectivity index is 1.74. The van der Waals surface area contributed by atoms with E-state index in [9.17, 15) is 0 Å². The van der Waals surface area contributed by atoms with Crippen molar-refractivity contribution < 1.29 is 0 Å². The minimum absolute atomic E-state index is 0.848. The van der Waals surface area contributed by atoms with Gasteiger partial charge >= 0.3 is 0 Å². The van der Waals surface area contributed by atoms with Crippen LogP contribution in [0.4, 0.5) is 5.69 Å². The lowest BCUT2D eigenvalue weighted by Crippen LogP contribution is -2.13. The molecule has 0 bridgehead atoms. The van der Waals surface area contributed by atoms with Crippen LogP contribution in [-0.4, -0.2) is 25.5 Å². The molecule has 0 heterocycles. The van der Waals surface area contributed by atoms with Crippen molar-refractivity contribution in [2.24, 2.45) is 0 Å². The summed E-state index contributed by atoms with van der Waals surface area (Å²) < 4.78 is 0. The van der Waals surface area contributed by atoms with E-state index < -0.39 is 0 Å². The first-order valence-corrected chi connectivity index (χ1v) is 8.14. The molecule has 118 valence electrons. The van der Waals surface area contributed by atoms with Gasteiger partial charge in [0.05, 0.1) is 0 Å². The number of para-hydroxylation sites is 1. The Kier molecular flexibility index (Phi) is 4.94. The normalized spacial score (nSPS) is 13.9. The van der Waals surface area contributed by atoms with Crippen molar-refractivity contribution in [1.29, 1.82) is 0 Å². The Morgan fingerprint density at radius 1 is 0.957 bits per heavy atom. The van der Waals surface area contributed by atoms with Crippen LogP contribution in [0.3, 0.4) is 0 Å². The van der Waals surface area contributed by atoms with Crippen molar-refractivity contribution in [2.45, 2.75) is 13.0 Å². The first-order valence-electron chi connectivity index (χ1n) is 8.14. The number of hydrogen-bond acceptors (Lipinski definition) is 2. The molecule has 0 saturated carbocycles. The van der Waals surface area contributed by atoms with Crippen LogP contribution in [-0.2, 0) is 6.54 Å². The second kappa shape index (κ2) is 7.30. The summed E-state index contributed by atoms with van der Waals surface area (Å²) in [6, 6.07) is 19.1. The van der Waals surface area contributed by atoms with Crippen LogP contribution >= 0.6 is 0 Å². The molecule has 0 aliphatic heterocycles. The molecule has 2 aromatic carbocycles. The summed E-state index contributed by atoms with van der Waals surface area (Å²) in [5.41, 5.74) is 6.71. The summed E-state index contributed by atoms with van der Waals surface area (Å²) in [4.78, 5) is 2.22. The van der Waals surface area contributed by atoms with Gasteiger partial charge in [0, 0.05) is 18.8 Å². The Morgan fingerprint density at radius 2 is 1.70 bits per heavy atom. The van der Waals surface area contributed by atoms with Crippen LogP contribution in [0.15, 0.2) is 72.3 Å². The Hall–Kier alpha value is -2.32. The molecule has 23 heavy (non-hydrogen) atoms. The molecule has 0 spiro atoms. The van der Waals surface area contributed by atoms with E-state index >= 15 is 0 Å². The number of hydrogen-bond donors (Lipinski definition) is 1. The highest BCUT2D eigenvalue weighted by molar-refractivity contribution is 5.75. The summed E-state index contributed by atoms with van der Waals surface area (Å²) in [7, 11) is 4.23. The van der Waals surface area contributed by atoms with Crippen LogP contribution in [0.2, 0.25) is 0 Å². The molecule has 2 heteroatoms. The lowest BCUT2D eigenvalue weighted by Gasteiger charge is -2.12. The van der Waals surface area contributed by atoms with Gasteiger partial charge in [-0.25, -0.2) is 0 Å². The van der Waals surface area contributed by atoms with E-state index in [-0.39, 0.29) is 0 Å². The molecule has 0 radical (unpaired) electrons. The number of anilines is 1. The smallest absolute Gasteiger partial charge is 0.0406 e. The molecule has 0 unspecified atom stereocenters. The largest absolute Gasteiger partial charge is 0.381 e. The van der Waals surface area contributed by atoms with Crippen molar-refractivity contribution in [3.63, 3.8) is 0 Å². The first kappa shape index (κ1) is 15.6. The van der Waals surface area contributed by atoms with Gasteiger partial charge < -0.3 is 10.2 Å². The Morgan fingerprint density at radius 3 is 2.48 bits per heavy atom. The maximum atomic E-state index is 3.52. The fourth-order valence-electron chi connectivity index (χ4n) is 2.99. The van der Waals surface area contributed by atoms with Crippen LogP contribution in [0.25, 0.3) is 5.57 Å². The molecule has 0 atom stereocenters. The molecule has 2 nitrogen and oxygen atoms in total. The second-order valence-corrected chi connectivity index (χ2v) is 6.27. The van der Waals surface area contributed by atoms with Crippen LogP contribution in [0.1, 0.15) is 17.5 Å². The number of nitrogens with one attached hydrogen (secondary N) is 1. The zero-order valence-corrected chi connectivity index (χ0v) is 13.9. The average Bonchev–Trinajstić information content (AvgIpc) is 3.02. The van der Waals surface area contributed by atoms with Gasteiger partial charge in [0.1, 0.15) is 0 Å². The summed E-state index contributed by atoms with van der Waals surface area (Å²) in [5.74, 6) is 0. The van der Waals surface area contributed by atoms with E-state index in [0.29, 0.717) is 0 Å². The number of allylic oxidation sites excluding steroid dienone is 2. The summed E-state index contributed by atoms with van der Waals surface area (Å²) in [6.45, 7) is 1.86. The van der Waals surface area contributed by atoms with Crippen molar-refractivity contribution in [2.75, 3.05) is 26.0 Å². The molecule has 1 N–H and O–H groups in total. The highest BCUT2D eigenvalue weighted by atomic mass is 15.0. The van der Waals surface area contributed by atoms with Crippen LogP contribution < -0.4 is 5.32 Å². The SMILES string of the molecule is CN(C)CC1=CCC(c2ccccc2CNc2ccccc2)=C1. The van der Waals surface area contributed by atoms with E-state index in [2.05, 4.69) is 85.0 Å². The van der Waals surface area contributed by atoms with Gasteiger partial charge in [0.15, 0.2) is 0 Å². The van der Waals surface area contributed by atoms with E-state index in [1.807, 2.05) is 6.07 Å². The molecule has 0 amide bonds. The third kappa shape index (κ3) is 4.11. The molecule has 1 aliphatic rings. The van der Waals surface area contributed by atoms with Crippen LogP contribution in [0, 0.1) is 0 Å². The lowest BCUT2D eigenvalue weighted by atomic mass is 9.98. The number of likely N-dealkylation sites (N-methyl/N-ethyl adjacent to an activating group) is 1. The second-order valence-electron chi connectivity index (χ2n) is 6.27. The molecular formula is C21H24N2. The number of benzene rings is 2. The van der Waals surface area contributed by atoms with Crippen molar-refractivity contribution >= 4 is 11.3 Å². The molecule has 0 aromatic heterocycles. The highest BCUT2D eigenvalue weighted by Crippen LogP contribution is 2.30. The monoisotopic (exact) mass is 304 g/mol. The van der Waals surface area contributed by atoms with Crippen molar-refractivity contribution in [3.8, 4) is 0 Å². The van der Waals surface area contributed by atoms with Crippen LogP contribution in [0.5, 0.6) is 0 Å². The predicted octanol–water partition coefficient (Wildman–Crippen LogP) is 4.57. The van der Waals surface area contributed by atoms with Crippen molar-refractivity contribution in [1.82, 2.24) is 4.90 Å². The van der Waals surface area contributed by atoms with E-state index in [4.69, 9.17) is 0 Å². The number of rotatable bonds is 6. The maximum Gasteiger partial charge on any atom is 0.0406 e. The molecule has 0 fully saturated rings. The zero-order chi connectivity index (χ0) is 16.1. The van der Waals surface area contributed by atoms with Gasteiger partial charge in [0.25, 0.3) is 0 Å². The van der Waals surface area contributed by atoms with Crippen molar-refractivity contribution in [3.05, 3.63) is 83.4 Å². The zero-order valence-electron chi connectivity index (χ0n) is 13.9. The number of nitrogens with zero attached hydrogens (tertiary/aromatic N) is 1. The molecule has 0 saturated heterocycles. The molecular weight excluding hydrogens is 280 g/mol. The first-order chi connectivity index (χ1) is 11.2. The fraction of sp³-hybridized carbons (Fsp3) is 0.238. The summed E-state index contributed by atoms with van der Waals surface area (Å²) in [5, 5.41) is 3.52. The topological polar surface area (TPSA) is 15.3 Å². The Labute approximate surface area is 139 Å². The third-order valence-electron chi connectivity index (χ3n) is 4.06. The molecule has 3 rings (SSSR count). The predicted molar refractivity (Wildman–Crippen MR) is 99.4 cm³/mol. The summed E-state index contributed by atoms with van der Waals surface area (Å²) >= 11 is 0. The molecule has 1 aliphatic carbocycles. The lowest BCUT2D eigenvalue weighted by molar-refractivity contribution is 0.449. The van der Waals surface area contributed by atoms with Gasteiger partial charge in [0.2, 0.25) is 0 Å². The highest BCUT2D eigenvalue weighted by Gasteiger charge is 2.12. The minimum atomic E-state index is 0.848. The van der Waals surface area contributed by atoms with E-state index in [1.54, 1.807) is 0 Å². The third-order valence-corrected chi connectivity index (χ3v) is 4.06. The van der Waals surface area contributed by atoms with Gasteiger partial charge in [-0.15, -0.1) is 0 Å². The van der Waals surface area contributed by atoms with E-state index in [0.717, 1.165) is 25.2 Å². The van der Waals surface area contributed by atoms with Gasteiger partial charge in [-0.1, -0.05) is 54.6 Å². The maximum absolute atomic E-state index is 3.52. The standard InChI is InChI=1S/C21H24N2/c1-23(2)16-17-12-13-18(14-17)21-11-7-6-8-19(21)15-22-20-9-4-3-5-10-20/h3-12,14,22H,13,15-16H2,1-2H3. The van der Waals surface area contributed by atoms with Gasteiger partial charge in [-0.05, 0) is 54.9 Å². The summed E-state index contributed by atoms with van der Waals surface area (Å²) in [6.07, 6.45) is 5.73. The van der Waals surface area contributed by atoms with Gasteiger partial charge in [-0.2, -0.15) is 0 Å².